The van der Waals surface area contributed by atoms with Crippen LogP contribution in [0.2, 0.25) is 0 Å². The number of nitrogens with one attached hydrogen (secondary N) is 1. The summed E-state index contributed by atoms with van der Waals surface area (Å²) in [5.74, 6) is 2.75. The lowest BCUT2D eigenvalue weighted by Gasteiger charge is -2.57. The van der Waals surface area contributed by atoms with Crippen LogP contribution in [0.15, 0.2) is 22.2 Å². The number of hydrogen-bond donors (Lipinski definition) is 1. The molecule has 0 radical (unpaired) electrons. The molecule has 0 saturated heterocycles. The molecule has 0 aliphatic heterocycles. The molecule has 0 bridgehead atoms. The first kappa shape index (κ1) is 19.7. The summed E-state index contributed by atoms with van der Waals surface area (Å²) in [6.07, 6.45) is 13.4. The smallest absolute Gasteiger partial charge is 0.224 e. The second-order valence-corrected chi connectivity index (χ2v) is 12.2. The van der Waals surface area contributed by atoms with Crippen LogP contribution in [-0.4, -0.2) is 11.4 Å². The van der Waals surface area contributed by atoms with Gasteiger partial charge in [0.05, 0.1) is 0 Å². The van der Waals surface area contributed by atoms with Crippen molar-refractivity contribution in [1.82, 2.24) is 5.32 Å². The third-order valence-electron chi connectivity index (χ3n) is 8.53. The molecular weight excluding hydrogens is 398 g/mol. The number of carbonyl (C=O) groups excluding carboxylic acids is 1. The van der Waals surface area contributed by atoms with Gasteiger partial charge in [-0.15, -0.1) is 0 Å². The van der Waals surface area contributed by atoms with Gasteiger partial charge in [0.15, 0.2) is 0 Å². The molecule has 0 aromatic rings. The molecule has 1 N–H and O–H groups in total. The SMILES string of the molecule is CC(C)(C)NC(=O)[C@H]1CC[C@H]2[C@@H]3CC=C4C=C(Br)CC[C@]4(C)[C@H]3CC[C@]12C. The first-order valence-corrected chi connectivity index (χ1v) is 11.7. The van der Waals surface area contributed by atoms with Crippen molar-refractivity contribution in [3.05, 3.63) is 22.2 Å². The van der Waals surface area contributed by atoms with Crippen LogP contribution in [0.4, 0.5) is 0 Å². The lowest BCUT2D eigenvalue weighted by atomic mass is 9.48. The van der Waals surface area contributed by atoms with Gasteiger partial charge in [0, 0.05) is 11.5 Å². The highest BCUT2D eigenvalue weighted by molar-refractivity contribution is 9.11. The van der Waals surface area contributed by atoms with Gasteiger partial charge in [-0.2, -0.15) is 0 Å². The van der Waals surface area contributed by atoms with Gasteiger partial charge >= 0.3 is 0 Å². The zero-order valence-corrected chi connectivity index (χ0v) is 19.3. The van der Waals surface area contributed by atoms with E-state index in [0.717, 1.165) is 18.3 Å². The van der Waals surface area contributed by atoms with Gasteiger partial charge in [-0.25, -0.2) is 0 Å². The van der Waals surface area contributed by atoms with Crippen LogP contribution in [0.3, 0.4) is 0 Å². The van der Waals surface area contributed by atoms with Crippen LogP contribution >= 0.6 is 15.9 Å². The standard InChI is InChI=1S/C24H36BrNO/c1-22(2,3)26-21(27)20-9-8-18-17-7-6-15-14-16(25)10-12-23(15,4)19(17)11-13-24(18,20)5/h6,14,17-20H,7-13H2,1-5H3,(H,26,27)/t17-,18-,19-,20+,23-,24-/m0/s1. The maximum absolute atomic E-state index is 13.1. The molecule has 1 amide bonds. The second kappa shape index (κ2) is 6.47. The summed E-state index contributed by atoms with van der Waals surface area (Å²) in [7, 11) is 0. The van der Waals surface area contributed by atoms with Crippen molar-refractivity contribution in [1.29, 1.82) is 0 Å². The van der Waals surface area contributed by atoms with Gasteiger partial charge in [0.1, 0.15) is 0 Å². The maximum atomic E-state index is 13.1. The Morgan fingerprint density at radius 1 is 1.15 bits per heavy atom. The summed E-state index contributed by atoms with van der Waals surface area (Å²) in [6.45, 7) is 11.2. The van der Waals surface area contributed by atoms with E-state index in [1.807, 2.05) is 0 Å². The molecule has 0 unspecified atom stereocenters. The van der Waals surface area contributed by atoms with Gasteiger partial charge in [-0.3, -0.25) is 4.79 Å². The van der Waals surface area contributed by atoms with E-state index in [1.54, 1.807) is 5.57 Å². The fourth-order valence-corrected chi connectivity index (χ4v) is 7.62. The Hall–Kier alpha value is -0.570. The molecule has 4 aliphatic carbocycles. The molecule has 2 saturated carbocycles. The van der Waals surface area contributed by atoms with Gasteiger partial charge in [0.25, 0.3) is 0 Å². The minimum absolute atomic E-state index is 0.138. The van der Waals surface area contributed by atoms with E-state index in [-0.39, 0.29) is 16.9 Å². The lowest BCUT2D eigenvalue weighted by molar-refractivity contribution is -0.133. The number of halogens is 1. The third kappa shape index (κ3) is 3.16. The second-order valence-electron chi connectivity index (χ2n) is 11.2. The number of hydrogen-bond acceptors (Lipinski definition) is 1. The van der Waals surface area contributed by atoms with E-state index in [1.165, 1.54) is 43.0 Å². The molecule has 0 aromatic carbocycles. The average Bonchev–Trinajstić information content (AvgIpc) is 2.91. The first-order chi connectivity index (χ1) is 12.5. The van der Waals surface area contributed by atoms with Crippen LogP contribution in [-0.2, 0) is 4.79 Å². The molecule has 2 nitrogen and oxygen atoms in total. The van der Waals surface area contributed by atoms with Crippen LogP contribution in [0.1, 0.15) is 79.6 Å². The molecule has 2 fully saturated rings. The zero-order chi connectivity index (χ0) is 19.6. The van der Waals surface area contributed by atoms with E-state index in [2.05, 4.69) is 68.0 Å². The number of amides is 1. The highest BCUT2D eigenvalue weighted by atomic mass is 79.9. The van der Waals surface area contributed by atoms with Gasteiger partial charge < -0.3 is 5.32 Å². The normalized spacial score (nSPS) is 43.8. The van der Waals surface area contributed by atoms with E-state index < -0.39 is 0 Å². The molecule has 0 spiro atoms. The largest absolute Gasteiger partial charge is 0.351 e. The van der Waals surface area contributed by atoms with Crippen molar-refractivity contribution in [2.45, 2.75) is 85.1 Å². The van der Waals surface area contributed by atoms with E-state index in [9.17, 15) is 4.79 Å². The molecule has 3 heteroatoms. The molecule has 6 atom stereocenters. The summed E-state index contributed by atoms with van der Waals surface area (Å²) >= 11 is 3.74. The van der Waals surface area contributed by atoms with Gasteiger partial charge in [-0.05, 0) is 110 Å². The topological polar surface area (TPSA) is 29.1 Å². The first-order valence-electron chi connectivity index (χ1n) is 10.9. The van der Waals surface area contributed by atoms with Crippen molar-refractivity contribution in [3.8, 4) is 0 Å². The lowest BCUT2D eigenvalue weighted by Crippen LogP contribution is -2.52. The summed E-state index contributed by atoms with van der Waals surface area (Å²) in [5, 5.41) is 3.29. The summed E-state index contributed by atoms with van der Waals surface area (Å²) < 4.78 is 1.37. The monoisotopic (exact) mass is 433 g/mol. The number of allylic oxidation sites excluding steroid dienone is 4. The molecular formula is C24H36BrNO. The van der Waals surface area contributed by atoms with Crippen molar-refractivity contribution >= 4 is 21.8 Å². The predicted octanol–water partition coefficient (Wildman–Crippen LogP) is 6.37. The molecule has 4 rings (SSSR count). The third-order valence-corrected chi connectivity index (χ3v) is 9.16. The Kier molecular flexibility index (Phi) is 4.73. The Morgan fingerprint density at radius 3 is 2.59 bits per heavy atom. The summed E-state index contributed by atoms with van der Waals surface area (Å²) in [5.41, 5.74) is 1.96. The van der Waals surface area contributed by atoms with Crippen molar-refractivity contribution in [3.63, 3.8) is 0 Å². The Labute approximate surface area is 173 Å². The van der Waals surface area contributed by atoms with Gasteiger partial charge in [-0.1, -0.05) is 35.9 Å². The van der Waals surface area contributed by atoms with Crippen LogP contribution in [0.5, 0.6) is 0 Å². The van der Waals surface area contributed by atoms with E-state index in [4.69, 9.17) is 0 Å². The van der Waals surface area contributed by atoms with Crippen molar-refractivity contribution in [2.75, 3.05) is 0 Å². The van der Waals surface area contributed by atoms with Gasteiger partial charge in [0.2, 0.25) is 5.91 Å². The Bertz CT molecular complexity index is 702. The number of rotatable bonds is 1. The highest BCUT2D eigenvalue weighted by Crippen LogP contribution is 2.66. The Morgan fingerprint density at radius 2 is 1.89 bits per heavy atom. The quantitative estimate of drug-likeness (QED) is 0.511. The Balaban J connectivity index is 1.60. The minimum atomic E-state index is -0.138. The predicted molar refractivity (Wildman–Crippen MR) is 115 cm³/mol. The zero-order valence-electron chi connectivity index (χ0n) is 17.7. The van der Waals surface area contributed by atoms with E-state index in [0.29, 0.717) is 17.2 Å². The number of carbonyl (C=O) groups is 1. The summed E-state index contributed by atoms with van der Waals surface area (Å²) in [4.78, 5) is 13.1. The average molecular weight is 434 g/mol. The maximum Gasteiger partial charge on any atom is 0.224 e. The fraction of sp³-hybridized carbons (Fsp3) is 0.792. The fourth-order valence-electron chi connectivity index (χ4n) is 7.18. The molecule has 0 aromatic heterocycles. The highest BCUT2D eigenvalue weighted by Gasteiger charge is 2.59. The number of fused-ring (bicyclic) bond motifs is 5. The molecule has 150 valence electrons. The molecule has 4 aliphatic rings. The van der Waals surface area contributed by atoms with Crippen LogP contribution < -0.4 is 5.32 Å². The molecule has 27 heavy (non-hydrogen) atoms. The minimum Gasteiger partial charge on any atom is -0.351 e. The van der Waals surface area contributed by atoms with Crippen LogP contribution in [0.25, 0.3) is 0 Å². The van der Waals surface area contributed by atoms with E-state index >= 15 is 0 Å². The van der Waals surface area contributed by atoms with Crippen molar-refractivity contribution in [2.24, 2.45) is 34.5 Å². The molecule has 0 heterocycles. The summed E-state index contributed by atoms with van der Waals surface area (Å²) in [6, 6.07) is 0. The van der Waals surface area contributed by atoms with Crippen LogP contribution in [0, 0.1) is 34.5 Å². The van der Waals surface area contributed by atoms with Crippen molar-refractivity contribution < 1.29 is 4.79 Å².